The Bertz CT molecular complexity index is 789. The van der Waals surface area contributed by atoms with Gasteiger partial charge < -0.3 is 0 Å². The highest BCUT2D eigenvalue weighted by Gasteiger charge is 2.30. The molecule has 1 aliphatic rings. The van der Waals surface area contributed by atoms with Crippen molar-refractivity contribution >= 4 is 26.0 Å². The van der Waals surface area contributed by atoms with Crippen molar-refractivity contribution in [3.05, 3.63) is 63.6 Å². The van der Waals surface area contributed by atoms with Gasteiger partial charge in [0.05, 0.1) is 18.0 Å². The minimum absolute atomic E-state index is 0.227. The standard InChI is InChI=1S/C15H14BrNO3S/c1-11-6-7-14(16)8-15(11)21(18,19)17-9-12-4-2-3-5-13(12)10-20-17/h2-8H,9-10H2,1H3. The van der Waals surface area contributed by atoms with Gasteiger partial charge >= 0.3 is 0 Å². The first-order valence-corrected chi connectivity index (χ1v) is 8.70. The fourth-order valence-electron chi connectivity index (χ4n) is 2.29. The van der Waals surface area contributed by atoms with Crippen LogP contribution in [0.5, 0.6) is 0 Å². The van der Waals surface area contributed by atoms with Gasteiger partial charge in [-0.1, -0.05) is 50.7 Å². The number of fused-ring (bicyclic) bond motifs is 1. The maximum Gasteiger partial charge on any atom is 0.265 e. The van der Waals surface area contributed by atoms with Crippen LogP contribution in [-0.4, -0.2) is 12.9 Å². The minimum Gasteiger partial charge on any atom is -0.279 e. The van der Waals surface area contributed by atoms with Crippen LogP contribution in [0.25, 0.3) is 0 Å². The molecule has 0 unspecified atom stereocenters. The Hall–Kier alpha value is -1.21. The zero-order chi connectivity index (χ0) is 15.0. The van der Waals surface area contributed by atoms with Crippen LogP contribution >= 0.6 is 15.9 Å². The maximum absolute atomic E-state index is 12.8. The van der Waals surface area contributed by atoms with E-state index in [0.29, 0.717) is 5.56 Å². The summed E-state index contributed by atoms with van der Waals surface area (Å²) in [5.74, 6) is 0. The van der Waals surface area contributed by atoms with E-state index in [9.17, 15) is 8.42 Å². The molecule has 0 saturated carbocycles. The second-order valence-corrected chi connectivity index (χ2v) is 7.63. The van der Waals surface area contributed by atoms with Crippen LogP contribution in [0, 0.1) is 6.92 Å². The van der Waals surface area contributed by atoms with Gasteiger partial charge in [0, 0.05) is 4.47 Å². The maximum atomic E-state index is 12.8. The zero-order valence-corrected chi connectivity index (χ0v) is 13.8. The molecule has 2 aromatic carbocycles. The predicted octanol–water partition coefficient (Wildman–Crippen LogP) is 3.39. The Kier molecular flexibility index (Phi) is 3.88. The summed E-state index contributed by atoms with van der Waals surface area (Å²) in [4.78, 5) is 5.71. The molecule has 6 heteroatoms. The van der Waals surface area contributed by atoms with E-state index >= 15 is 0 Å². The number of nitrogens with zero attached hydrogens (tertiary/aromatic N) is 1. The highest BCUT2D eigenvalue weighted by atomic mass is 79.9. The fraction of sp³-hybridized carbons (Fsp3) is 0.200. The number of hydrogen-bond donors (Lipinski definition) is 0. The summed E-state index contributed by atoms with van der Waals surface area (Å²) < 4.78 is 27.3. The Morgan fingerprint density at radius 1 is 1.14 bits per heavy atom. The molecule has 0 saturated heterocycles. The van der Waals surface area contributed by atoms with Gasteiger partial charge in [-0.3, -0.25) is 4.84 Å². The third kappa shape index (κ3) is 2.76. The molecule has 2 aromatic rings. The Balaban J connectivity index is 1.99. The van der Waals surface area contributed by atoms with Crippen molar-refractivity contribution < 1.29 is 13.3 Å². The van der Waals surface area contributed by atoms with E-state index in [1.54, 1.807) is 19.1 Å². The molecule has 0 spiro atoms. The van der Waals surface area contributed by atoms with Gasteiger partial charge in [-0.15, -0.1) is 0 Å². The quantitative estimate of drug-likeness (QED) is 0.816. The Morgan fingerprint density at radius 3 is 2.62 bits per heavy atom. The summed E-state index contributed by atoms with van der Waals surface area (Å²) >= 11 is 3.31. The van der Waals surface area contributed by atoms with Crippen LogP contribution in [-0.2, 0) is 28.0 Å². The second-order valence-electron chi connectivity index (χ2n) is 4.92. The second kappa shape index (κ2) is 5.53. The Labute approximate surface area is 132 Å². The number of rotatable bonds is 2. The summed E-state index contributed by atoms with van der Waals surface area (Å²) in [7, 11) is -3.68. The van der Waals surface area contributed by atoms with Crippen LogP contribution in [0.15, 0.2) is 51.8 Å². The molecule has 0 aromatic heterocycles. The molecule has 0 fully saturated rings. The number of benzene rings is 2. The number of hydroxylamine groups is 1. The lowest BCUT2D eigenvalue weighted by Gasteiger charge is -2.27. The third-order valence-corrected chi connectivity index (χ3v) is 5.74. The lowest BCUT2D eigenvalue weighted by molar-refractivity contribution is -0.114. The number of sulfonamides is 1. The molecule has 4 nitrogen and oxygen atoms in total. The highest BCUT2D eigenvalue weighted by Crippen LogP contribution is 2.28. The molecule has 110 valence electrons. The fourth-order valence-corrected chi connectivity index (χ4v) is 4.28. The molecule has 0 aliphatic carbocycles. The number of aryl methyl sites for hydroxylation is 1. The lowest BCUT2D eigenvalue weighted by atomic mass is 10.1. The molecular formula is C15H14BrNO3S. The summed E-state index contributed by atoms with van der Waals surface area (Å²) in [6.07, 6.45) is 0. The average Bonchev–Trinajstić information content (AvgIpc) is 2.49. The van der Waals surface area contributed by atoms with E-state index in [2.05, 4.69) is 15.9 Å². The van der Waals surface area contributed by atoms with E-state index in [1.807, 2.05) is 30.3 Å². The van der Waals surface area contributed by atoms with Crippen molar-refractivity contribution in [2.75, 3.05) is 0 Å². The van der Waals surface area contributed by atoms with Crippen LogP contribution in [0.3, 0.4) is 0 Å². The van der Waals surface area contributed by atoms with Crippen LogP contribution in [0.2, 0.25) is 0 Å². The average molecular weight is 368 g/mol. The number of halogens is 1. The predicted molar refractivity (Wildman–Crippen MR) is 82.8 cm³/mol. The van der Waals surface area contributed by atoms with Gasteiger partial charge in [-0.25, -0.2) is 8.42 Å². The van der Waals surface area contributed by atoms with Crippen molar-refractivity contribution in [3.8, 4) is 0 Å². The first-order chi connectivity index (χ1) is 9.98. The molecular weight excluding hydrogens is 354 g/mol. The van der Waals surface area contributed by atoms with Crippen LogP contribution < -0.4 is 0 Å². The van der Waals surface area contributed by atoms with Crippen molar-refractivity contribution in [2.45, 2.75) is 25.0 Å². The first kappa shape index (κ1) is 14.7. The van der Waals surface area contributed by atoms with E-state index < -0.39 is 10.0 Å². The molecule has 3 rings (SSSR count). The molecule has 0 N–H and O–H groups in total. The summed E-state index contributed by atoms with van der Waals surface area (Å²) in [5.41, 5.74) is 2.69. The molecule has 0 atom stereocenters. The highest BCUT2D eigenvalue weighted by molar-refractivity contribution is 9.10. The molecule has 1 aliphatic heterocycles. The molecule has 21 heavy (non-hydrogen) atoms. The van der Waals surface area contributed by atoms with Gasteiger partial charge in [0.15, 0.2) is 0 Å². The monoisotopic (exact) mass is 367 g/mol. The van der Waals surface area contributed by atoms with Crippen molar-refractivity contribution in [2.24, 2.45) is 0 Å². The van der Waals surface area contributed by atoms with E-state index in [4.69, 9.17) is 4.84 Å². The van der Waals surface area contributed by atoms with E-state index in [0.717, 1.165) is 20.1 Å². The Morgan fingerprint density at radius 2 is 1.86 bits per heavy atom. The third-order valence-electron chi connectivity index (χ3n) is 3.48. The SMILES string of the molecule is Cc1ccc(Br)cc1S(=O)(=O)N1Cc2ccccc2CO1. The normalized spacial score (nSPS) is 15.7. The molecule has 0 radical (unpaired) electrons. The zero-order valence-electron chi connectivity index (χ0n) is 11.4. The van der Waals surface area contributed by atoms with Gasteiger partial charge in [0.1, 0.15) is 0 Å². The summed E-state index contributed by atoms with van der Waals surface area (Å²) in [5, 5.41) is 0. The first-order valence-electron chi connectivity index (χ1n) is 6.47. The van der Waals surface area contributed by atoms with Gasteiger partial charge in [0.25, 0.3) is 10.0 Å². The van der Waals surface area contributed by atoms with Crippen LogP contribution in [0.1, 0.15) is 16.7 Å². The molecule has 1 heterocycles. The smallest absolute Gasteiger partial charge is 0.265 e. The topological polar surface area (TPSA) is 46.6 Å². The minimum atomic E-state index is -3.68. The largest absolute Gasteiger partial charge is 0.279 e. The number of hydrogen-bond acceptors (Lipinski definition) is 3. The van der Waals surface area contributed by atoms with Gasteiger partial charge in [0.2, 0.25) is 0 Å². The molecule has 0 amide bonds. The summed E-state index contributed by atoms with van der Waals surface area (Å²) in [6, 6.07) is 12.9. The van der Waals surface area contributed by atoms with Gasteiger partial charge in [-0.2, -0.15) is 0 Å². The van der Waals surface area contributed by atoms with Crippen LogP contribution in [0.4, 0.5) is 0 Å². The summed E-state index contributed by atoms with van der Waals surface area (Å²) in [6.45, 7) is 2.27. The van der Waals surface area contributed by atoms with E-state index in [-0.39, 0.29) is 18.0 Å². The molecule has 0 bridgehead atoms. The lowest BCUT2D eigenvalue weighted by Crippen LogP contribution is -2.34. The van der Waals surface area contributed by atoms with Gasteiger partial charge in [-0.05, 0) is 35.7 Å². The van der Waals surface area contributed by atoms with Crippen molar-refractivity contribution in [1.82, 2.24) is 4.47 Å². The van der Waals surface area contributed by atoms with Crippen molar-refractivity contribution in [1.29, 1.82) is 0 Å². The van der Waals surface area contributed by atoms with E-state index in [1.165, 1.54) is 0 Å². The van der Waals surface area contributed by atoms with Crippen molar-refractivity contribution in [3.63, 3.8) is 0 Å².